The van der Waals surface area contributed by atoms with Crippen LogP contribution < -0.4 is 0 Å². The number of aromatic nitrogens is 4. The highest BCUT2D eigenvalue weighted by Crippen LogP contribution is 2.39. The Bertz CT molecular complexity index is 3540. The van der Waals surface area contributed by atoms with Crippen molar-refractivity contribution in [3.8, 4) is 67.5 Å². The highest BCUT2D eigenvalue weighted by molar-refractivity contribution is 6.11. The van der Waals surface area contributed by atoms with E-state index in [0.29, 0.717) is 5.82 Å². The third-order valence-corrected chi connectivity index (χ3v) is 12.4. The van der Waals surface area contributed by atoms with Crippen LogP contribution in [0.4, 0.5) is 0 Å². The van der Waals surface area contributed by atoms with Crippen LogP contribution >= 0.6 is 0 Å². The van der Waals surface area contributed by atoms with E-state index in [-0.39, 0.29) is 0 Å². The van der Waals surface area contributed by atoms with Gasteiger partial charge in [0, 0.05) is 49.8 Å². The Labute approximate surface area is 366 Å². The van der Waals surface area contributed by atoms with Crippen molar-refractivity contribution >= 4 is 44.9 Å². The highest BCUT2D eigenvalue weighted by atomic mass is 15.0. The average Bonchev–Trinajstić information content (AvgIpc) is 3.73. The van der Waals surface area contributed by atoms with Crippen LogP contribution in [0, 0.1) is 0 Å². The molecule has 296 valence electrons. The van der Waals surface area contributed by atoms with Crippen LogP contribution in [0.2, 0.25) is 0 Å². The molecule has 0 amide bonds. The topological polar surface area (TPSA) is 35.6 Å². The van der Waals surface area contributed by atoms with E-state index in [9.17, 15) is 0 Å². The summed E-state index contributed by atoms with van der Waals surface area (Å²) in [6, 6.07) is 73.6. The molecule has 0 bridgehead atoms. The third kappa shape index (κ3) is 6.48. The number of rotatable bonds is 7. The van der Waals surface area contributed by atoms with Crippen molar-refractivity contribution in [2.45, 2.75) is 6.42 Å². The molecule has 11 aromatic rings. The summed E-state index contributed by atoms with van der Waals surface area (Å²) in [7, 11) is 0. The fourth-order valence-corrected chi connectivity index (χ4v) is 9.29. The lowest BCUT2D eigenvalue weighted by molar-refractivity contribution is 1.10. The number of hydrogen-bond acceptors (Lipinski definition) is 2. The van der Waals surface area contributed by atoms with Crippen LogP contribution in [-0.2, 0) is 0 Å². The summed E-state index contributed by atoms with van der Waals surface area (Å²) < 4.78 is 4.77. The summed E-state index contributed by atoms with van der Waals surface area (Å²) in [5.74, 6) is 0.703. The van der Waals surface area contributed by atoms with Crippen LogP contribution in [0.3, 0.4) is 0 Å². The first-order valence-electron chi connectivity index (χ1n) is 21.6. The minimum atomic E-state index is 0.703. The van der Waals surface area contributed by atoms with Crippen molar-refractivity contribution in [3.63, 3.8) is 0 Å². The molecule has 4 heteroatoms. The summed E-state index contributed by atoms with van der Waals surface area (Å²) in [5, 5.41) is 3.70. The van der Waals surface area contributed by atoms with Gasteiger partial charge in [0.15, 0.2) is 5.82 Å². The molecule has 0 aliphatic heterocycles. The zero-order valence-electron chi connectivity index (χ0n) is 34.4. The molecule has 0 N–H and O–H groups in total. The lowest BCUT2D eigenvalue weighted by Crippen LogP contribution is -1.97. The molecular weight excluding hydrogens is 765 g/mol. The lowest BCUT2D eigenvalue weighted by atomic mass is 10.00. The van der Waals surface area contributed by atoms with E-state index in [1.54, 1.807) is 0 Å². The van der Waals surface area contributed by atoms with Gasteiger partial charge in [0.25, 0.3) is 0 Å². The van der Waals surface area contributed by atoms with Crippen molar-refractivity contribution in [2.75, 3.05) is 0 Å². The summed E-state index contributed by atoms with van der Waals surface area (Å²) in [6.45, 7) is 0. The molecule has 3 aromatic heterocycles. The molecule has 0 unspecified atom stereocenters. The van der Waals surface area contributed by atoms with E-state index in [0.717, 1.165) is 40.2 Å². The molecule has 1 aliphatic rings. The lowest BCUT2D eigenvalue weighted by Gasteiger charge is -2.12. The van der Waals surface area contributed by atoms with E-state index in [4.69, 9.17) is 9.97 Å². The van der Waals surface area contributed by atoms with Crippen molar-refractivity contribution in [3.05, 3.63) is 230 Å². The normalized spacial score (nSPS) is 12.3. The van der Waals surface area contributed by atoms with Crippen LogP contribution in [-0.4, -0.2) is 19.1 Å². The van der Waals surface area contributed by atoms with Gasteiger partial charge in [0.2, 0.25) is 0 Å². The Kier molecular flexibility index (Phi) is 8.86. The quantitative estimate of drug-likeness (QED) is 0.161. The second-order valence-corrected chi connectivity index (χ2v) is 16.1. The van der Waals surface area contributed by atoms with Gasteiger partial charge in [-0.05, 0) is 95.4 Å². The Morgan fingerprint density at radius 1 is 0.333 bits per heavy atom. The number of nitrogens with zero attached hydrogens (tertiary/aromatic N) is 4. The number of benzene rings is 8. The number of allylic oxidation sites excluding steroid dienone is 2. The van der Waals surface area contributed by atoms with Crippen LogP contribution in [0.1, 0.15) is 17.7 Å². The van der Waals surface area contributed by atoms with Gasteiger partial charge in [-0.15, -0.1) is 0 Å². The summed E-state index contributed by atoms with van der Waals surface area (Å²) in [4.78, 5) is 10.2. The van der Waals surface area contributed by atoms with Gasteiger partial charge in [-0.3, -0.25) is 0 Å². The largest absolute Gasteiger partial charge is 0.309 e. The van der Waals surface area contributed by atoms with Gasteiger partial charge in [-0.2, -0.15) is 0 Å². The van der Waals surface area contributed by atoms with E-state index < -0.39 is 0 Å². The molecule has 0 saturated heterocycles. The maximum absolute atomic E-state index is 5.13. The Balaban J connectivity index is 0.929. The molecule has 0 fully saturated rings. The molecule has 8 aromatic carbocycles. The monoisotopic (exact) mass is 804 g/mol. The molecule has 0 saturated carbocycles. The van der Waals surface area contributed by atoms with E-state index in [1.165, 1.54) is 71.9 Å². The third-order valence-electron chi connectivity index (χ3n) is 12.4. The maximum Gasteiger partial charge on any atom is 0.160 e. The number of para-hydroxylation sites is 2. The fourth-order valence-electron chi connectivity index (χ4n) is 9.29. The van der Waals surface area contributed by atoms with E-state index in [1.807, 2.05) is 24.3 Å². The summed E-state index contributed by atoms with van der Waals surface area (Å²) in [6.07, 6.45) is 10.00. The van der Waals surface area contributed by atoms with Crippen LogP contribution in [0.5, 0.6) is 0 Å². The molecule has 0 spiro atoms. The van der Waals surface area contributed by atoms with E-state index in [2.05, 4.69) is 215 Å². The minimum Gasteiger partial charge on any atom is -0.309 e. The number of hydrogen-bond donors (Lipinski definition) is 0. The van der Waals surface area contributed by atoms with Crippen LogP contribution in [0.25, 0.3) is 112 Å². The second-order valence-electron chi connectivity index (χ2n) is 16.1. The molecular formula is C59H40N4. The number of fused-ring (bicyclic) bond motifs is 6. The predicted octanol–water partition coefficient (Wildman–Crippen LogP) is 15.3. The zero-order chi connectivity index (χ0) is 41.7. The van der Waals surface area contributed by atoms with Crippen molar-refractivity contribution in [2.24, 2.45) is 0 Å². The molecule has 0 radical (unpaired) electrons. The molecule has 63 heavy (non-hydrogen) atoms. The van der Waals surface area contributed by atoms with Crippen molar-refractivity contribution < 1.29 is 0 Å². The van der Waals surface area contributed by atoms with Gasteiger partial charge in [0.05, 0.1) is 33.6 Å². The fraction of sp³-hybridized carbons (Fsp3) is 0.0169. The van der Waals surface area contributed by atoms with Gasteiger partial charge < -0.3 is 9.13 Å². The van der Waals surface area contributed by atoms with Gasteiger partial charge in [-0.1, -0.05) is 164 Å². The van der Waals surface area contributed by atoms with Crippen molar-refractivity contribution in [1.29, 1.82) is 0 Å². The minimum absolute atomic E-state index is 0.703. The summed E-state index contributed by atoms with van der Waals surface area (Å²) in [5.41, 5.74) is 17.9. The molecule has 12 rings (SSSR count). The Morgan fingerprint density at radius 3 is 1.52 bits per heavy atom. The maximum atomic E-state index is 5.13. The predicted molar refractivity (Wildman–Crippen MR) is 263 cm³/mol. The molecule has 1 aliphatic carbocycles. The standard InChI is InChI=1S/C59H40N4/c1-5-15-40(16-6-1)41-25-27-42(28-26-41)53-39-54(61-59(60-53)44-17-7-2-8-18-44)43-29-33-48(34-30-43)63-56-24-14-13-22-50(56)52-38-46(32-36-58(52)63)45-31-35-57-51(37-45)49-21-11-4-12-23-55(49)62(57)47-19-9-3-10-20-47/h1-3,5-39H,4H2. The first kappa shape index (κ1) is 36.5. The summed E-state index contributed by atoms with van der Waals surface area (Å²) >= 11 is 0. The van der Waals surface area contributed by atoms with E-state index >= 15 is 0 Å². The van der Waals surface area contributed by atoms with Crippen LogP contribution in [0.15, 0.2) is 218 Å². The van der Waals surface area contributed by atoms with Crippen molar-refractivity contribution in [1.82, 2.24) is 19.1 Å². The first-order chi connectivity index (χ1) is 31.2. The average molecular weight is 805 g/mol. The first-order valence-corrected chi connectivity index (χ1v) is 21.6. The molecule has 3 heterocycles. The Morgan fingerprint density at radius 2 is 0.825 bits per heavy atom. The highest BCUT2D eigenvalue weighted by Gasteiger charge is 2.19. The van der Waals surface area contributed by atoms with Gasteiger partial charge in [0.1, 0.15) is 0 Å². The van der Waals surface area contributed by atoms with Gasteiger partial charge >= 0.3 is 0 Å². The second kappa shape index (κ2) is 15.3. The molecule has 4 nitrogen and oxygen atoms in total. The SMILES string of the molecule is C1=Cc2c(n(-c3ccccc3)c3ccc(-c4ccc5c(c4)c4ccccc4n5-c4ccc(-c5cc(-c6ccc(-c7ccccc7)cc6)nc(-c6ccccc6)n5)cc4)cc23)C=CC1. The van der Waals surface area contributed by atoms with Gasteiger partial charge in [-0.25, -0.2) is 9.97 Å². The Hall–Kier alpha value is -8.34. The zero-order valence-corrected chi connectivity index (χ0v) is 34.4. The smallest absolute Gasteiger partial charge is 0.160 e. The molecule has 0 atom stereocenters.